The predicted molar refractivity (Wildman–Crippen MR) is 105 cm³/mol. The number of nitro benzene ring substituents is 1. The molecule has 1 aliphatic rings. The number of likely N-dealkylation sites (tertiary alicyclic amines) is 1. The molecule has 1 saturated heterocycles. The molecule has 31 heavy (non-hydrogen) atoms. The molecule has 2 unspecified atom stereocenters. The Hall–Kier alpha value is -2.99. The van der Waals surface area contributed by atoms with Crippen molar-refractivity contribution in [3.05, 3.63) is 52.3 Å². The van der Waals surface area contributed by atoms with Crippen LogP contribution in [0.2, 0.25) is 0 Å². The molecule has 1 aromatic carbocycles. The Morgan fingerprint density at radius 2 is 1.77 bits per heavy atom. The van der Waals surface area contributed by atoms with Gasteiger partial charge in [-0.2, -0.15) is 18.3 Å². The topological polar surface area (TPSA) is 128 Å². The number of rotatable bonds is 4. The molecule has 2 heterocycles. The number of non-ortho nitro benzene ring substituents is 1. The lowest BCUT2D eigenvalue weighted by Gasteiger charge is -2.39. The maximum Gasteiger partial charge on any atom is 0.490 e. The van der Waals surface area contributed by atoms with Gasteiger partial charge in [-0.05, 0) is 24.0 Å². The van der Waals surface area contributed by atoms with Gasteiger partial charge in [-0.3, -0.25) is 15.0 Å². The lowest BCUT2D eigenvalue weighted by atomic mass is 9.86. The van der Waals surface area contributed by atoms with Crippen LogP contribution in [0.3, 0.4) is 0 Å². The first-order valence-electron chi connectivity index (χ1n) is 9.45. The van der Waals surface area contributed by atoms with E-state index < -0.39 is 17.1 Å². The molecule has 0 bridgehead atoms. The quantitative estimate of drug-likeness (QED) is 0.549. The van der Waals surface area contributed by atoms with Crippen LogP contribution < -0.4 is 5.73 Å². The standard InChI is InChI=1S/C17H23N5O2.C2HF3O2/c1-12-8-20(9-13(2)17(12)18)10-14-7-19-21(11-14)15-3-5-16(6-4-15)22(23)24;3-2(4,5)1(6)7/h3-7,11-13,17H,8-10,18H2,1-2H3;(H,6,7). The molecule has 2 atom stereocenters. The van der Waals surface area contributed by atoms with Crippen molar-refractivity contribution in [3.8, 4) is 5.69 Å². The summed E-state index contributed by atoms with van der Waals surface area (Å²) in [4.78, 5) is 21.6. The molecule has 0 aliphatic carbocycles. The highest BCUT2D eigenvalue weighted by molar-refractivity contribution is 5.73. The molecule has 12 heteroatoms. The summed E-state index contributed by atoms with van der Waals surface area (Å²) in [6.07, 6.45) is -1.25. The van der Waals surface area contributed by atoms with Crippen LogP contribution in [0, 0.1) is 22.0 Å². The highest BCUT2D eigenvalue weighted by atomic mass is 19.4. The van der Waals surface area contributed by atoms with Gasteiger partial charge < -0.3 is 10.8 Å². The largest absolute Gasteiger partial charge is 0.490 e. The summed E-state index contributed by atoms with van der Waals surface area (Å²) in [7, 11) is 0. The maximum absolute atomic E-state index is 10.7. The average molecular weight is 443 g/mol. The van der Waals surface area contributed by atoms with Crippen LogP contribution in [-0.4, -0.2) is 56.0 Å². The summed E-state index contributed by atoms with van der Waals surface area (Å²) in [5, 5.41) is 22.2. The molecule has 1 fully saturated rings. The zero-order valence-corrected chi connectivity index (χ0v) is 17.0. The number of benzene rings is 1. The number of aromatic nitrogens is 2. The van der Waals surface area contributed by atoms with Crippen LogP contribution in [0.15, 0.2) is 36.7 Å². The predicted octanol–water partition coefficient (Wildman–Crippen LogP) is 2.83. The Kier molecular flexibility index (Phi) is 7.74. The molecule has 1 aromatic heterocycles. The maximum atomic E-state index is 10.7. The second-order valence-electron chi connectivity index (χ2n) is 7.60. The second-order valence-corrected chi connectivity index (χ2v) is 7.60. The minimum Gasteiger partial charge on any atom is -0.475 e. The highest BCUT2D eigenvalue weighted by Gasteiger charge is 2.38. The number of hydrogen-bond donors (Lipinski definition) is 2. The fourth-order valence-electron chi connectivity index (χ4n) is 3.39. The Labute approximate surface area is 176 Å². The molecule has 0 amide bonds. The molecule has 0 radical (unpaired) electrons. The number of carboxylic acids is 1. The monoisotopic (exact) mass is 443 g/mol. The van der Waals surface area contributed by atoms with Gasteiger partial charge in [0.2, 0.25) is 0 Å². The number of nitro groups is 1. The van der Waals surface area contributed by atoms with Gasteiger partial charge in [0.25, 0.3) is 5.69 Å². The molecule has 0 saturated carbocycles. The first-order chi connectivity index (χ1) is 14.4. The normalized spacial score (nSPS) is 21.8. The third kappa shape index (κ3) is 6.76. The fraction of sp³-hybridized carbons (Fsp3) is 0.474. The van der Waals surface area contributed by atoms with E-state index in [4.69, 9.17) is 15.6 Å². The van der Waals surface area contributed by atoms with Crippen molar-refractivity contribution < 1.29 is 28.0 Å². The van der Waals surface area contributed by atoms with E-state index in [0.29, 0.717) is 11.8 Å². The number of hydrogen-bond acceptors (Lipinski definition) is 6. The lowest BCUT2D eigenvalue weighted by Crippen LogP contribution is -2.50. The lowest BCUT2D eigenvalue weighted by molar-refractivity contribution is -0.384. The van der Waals surface area contributed by atoms with Crippen molar-refractivity contribution in [2.45, 2.75) is 32.6 Å². The second kappa shape index (κ2) is 9.88. The highest BCUT2D eigenvalue weighted by Crippen LogP contribution is 2.22. The zero-order valence-electron chi connectivity index (χ0n) is 17.0. The van der Waals surface area contributed by atoms with E-state index in [1.165, 1.54) is 12.1 Å². The molecular weight excluding hydrogens is 419 g/mol. The van der Waals surface area contributed by atoms with E-state index in [0.717, 1.165) is 30.9 Å². The van der Waals surface area contributed by atoms with Gasteiger partial charge in [0.1, 0.15) is 0 Å². The molecule has 170 valence electrons. The summed E-state index contributed by atoms with van der Waals surface area (Å²) in [6, 6.07) is 6.67. The Bertz CT molecular complexity index is 889. The first-order valence-corrected chi connectivity index (χ1v) is 9.45. The van der Waals surface area contributed by atoms with Gasteiger partial charge in [-0.25, -0.2) is 9.48 Å². The average Bonchev–Trinajstić information content (AvgIpc) is 3.14. The van der Waals surface area contributed by atoms with E-state index in [1.54, 1.807) is 16.8 Å². The number of piperidine rings is 1. The van der Waals surface area contributed by atoms with Crippen LogP contribution >= 0.6 is 0 Å². The van der Waals surface area contributed by atoms with Gasteiger partial charge in [-0.1, -0.05) is 13.8 Å². The number of aliphatic carboxylic acids is 1. The first kappa shape index (κ1) is 24.3. The van der Waals surface area contributed by atoms with Crippen molar-refractivity contribution in [1.82, 2.24) is 14.7 Å². The van der Waals surface area contributed by atoms with Gasteiger partial charge >= 0.3 is 12.1 Å². The molecular formula is C19H24F3N5O4. The smallest absolute Gasteiger partial charge is 0.475 e. The third-order valence-corrected chi connectivity index (χ3v) is 5.02. The Balaban J connectivity index is 0.000000423. The van der Waals surface area contributed by atoms with Gasteiger partial charge in [-0.15, -0.1) is 0 Å². The third-order valence-electron chi connectivity index (χ3n) is 5.02. The summed E-state index contributed by atoms with van der Waals surface area (Å²) >= 11 is 0. The van der Waals surface area contributed by atoms with E-state index in [1.807, 2.05) is 12.4 Å². The Morgan fingerprint density at radius 3 is 2.23 bits per heavy atom. The summed E-state index contributed by atoms with van der Waals surface area (Å²) in [6.45, 7) is 7.23. The van der Waals surface area contributed by atoms with Crippen molar-refractivity contribution in [2.75, 3.05) is 13.1 Å². The number of carbonyl (C=O) groups is 1. The molecule has 2 aromatic rings. The molecule has 3 N–H and O–H groups in total. The van der Waals surface area contributed by atoms with Crippen molar-refractivity contribution in [1.29, 1.82) is 0 Å². The zero-order chi connectivity index (χ0) is 23.3. The van der Waals surface area contributed by atoms with E-state index in [2.05, 4.69) is 23.8 Å². The molecule has 0 spiro atoms. The minimum atomic E-state index is -5.08. The van der Waals surface area contributed by atoms with E-state index in [-0.39, 0.29) is 11.7 Å². The van der Waals surface area contributed by atoms with Gasteiger partial charge in [0.05, 0.1) is 16.8 Å². The summed E-state index contributed by atoms with van der Waals surface area (Å²) in [5.41, 5.74) is 8.22. The van der Waals surface area contributed by atoms with Crippen LogP contribution in [0.1, 0.15) is 19.4 Å². The summed E-state index contributed by atoms with van der Waals surface area (Å²) < 4.78 is 33.5. The van der Waals surface area contributed by atoms with Crippen LogP contribution in [0.25, 0.3) is 5.69 Å². The van der Waals surface area contributed by atoms with Crippen LogP contribution in [-0.2, 0) is 11.3 Å². The number of nitrogens with zero attached hydrogens (tertiary/aromatic N) is 4. The van der Waals surface area contributed by atoms with Crippen molar-refractivity contribution >= 4 is 11.7 Å². The molecule has 3 rings (SSSR count). The fourth-order valence-corrected chi connectivity index (χ4v) is 3.39. The van der Waals surface area contributed by atoms with Crippen molar-refractivity contribution in [2.24, 2.45) is 17.6 Å². The minimum absolute atomic E-state index is 0.0822. The van der Waals surface area contributed by atoms with E-state index >= 15 is 0 Å². The van der Waals surface area contributed by atoms with E-state index in [9.17, 15) is 23.3 Å². The summed E-state index contributed by atoms with van der Waals surface area (Å²) in [5.74, 6) is -1.79. The number of nitrogens with two attached hydrogens (primary N) is 1. The van der Waals surface area contributed by atoms with Crippen molar-refractivity contribution in [3.63, 3.8) is 0 Å². The SMILES string of the molecule is CC1CN(Cc2cnn(-c3ccc([N+](=O)[O-])cc3)c2)CC(C)C1N.O=C(O)C(F)(F)F. The Morgan fingerprint density at radius 1 is 1.26 bits per heavy atom. The number of halogens is 3. The van der Waals surface area contributed by atoms with Gasteiger partial charge in [0.15, 0.2) is 0 Å². The number of carboxylic acid groups (broad SMARTS) is 1. The number of alkyl halides is 3. The molecule has 1 aliphatic heterocycles. The van der Waals surface area contributed by atoms with Crippen LogP contribution in [0.5, 0.6) is 0 Å². The van der Waals surface area contributed by atoms with Crippen LogP contribution in [0.4, 0.5) is 18.9 Å². The molecule has 9 nitrogen and oxygen atoms in total. The van der Waals surface area contributed by atoms with Gasteiger partial charge in [0, 0.05) is 49.6 Å².